The molecule has 2 aliphatic rings. The number of piperidine rings is 1. The van der Waals surface area contributed by atoms with Crippen LogP contribution in [0, 0.1) is 19.3 Å². The van der Waals surface area contributed by atoms with Gasteiger partial charge in [-0.1, -0.05) is 24.3 Å². The van der Waals surface area contributed by atoms with Crippen LogP contribution in [-0.4, -0.2) is 67.8 Å². The Morgan fingerprint density at radius 1 is 1.11 bits per heavy atom. The number of nitrogens with two attached hydrogens (primary N) is 1. The Kier molecular flexibility index (Phi) is 8.57. The van der Waals surface area contributed by atoms with Crippen molar-refractivity contribution >= 4 is 17.7 Å². The highest BCUT2D eigenvalue weighted by atomic mass is 19.4. The number of carboxylic acid groups (broad SMARTS) is 1. The van der Waals surface area contributed by atoms with E-state index in [4.69, 9.17) is 10.5 Å². The number of aliphatic hydroxyl groups is 1. The number of ether oxygens (including phenoxy) is 1. The van der Waals surface area contributed by atoms with Crippen molar-refractivity contribution in [2.75, 3.05) is 30.3 Å². The number of carboxylic acids is 1. The van der Waals surface area contributed by atoms with Crippen LogP contribution in [0.15, 0.2) is 54.7 Å². The second-order valence-electron chi connectivity index (χ2n) is 12.4. The van der Waals surface area contributed by atoms with Gasteiger partial charge in [0.25, 0.3) is 0 Å². The number of nitrogen functional groups attached to an aromatic ring is 1. The van der Waals surface area contributed by atoms with E-state index in [1.165, 1.54) is 16.8 Å². The number of alkyl halides is 3. The third kappa shape index (κ3) is 6.74. The SMILES string of the molecule is Cc1ccn(-c2ccc(-c3ccc(CO)c(C)c3)cc2C(Oc2cc(N3CCC4(CC3)CN[C@H](C(=O)O)C4)nc(N)n2)C(F)(F)F)n1. The van der Waals surface area contributed by atoms with Gasteiger partial charge in [-0.3, -0.25) is 4.79 Å². The molecule has 1 spiro atoms. The van der Waals surface area contributed by atoms with E-state index in [2.05, 4.69) is 20.4 Å². The third-order valence-corrected chi connectivity index (χ3v) is 9.17. The first-order valence-electron chi connectivity index (χ1n) is 15.3. The number of benzene rings is 2. The van der Waals surface area contributed by atoms with Crippen molar-refractivity contribution in [3.63, 3.8) is 0 Å². The summed E-state index contributed by atoms with van der Waals surface area (Å²) >= 11 is 0. The molecule has 0 saturated carbocycles. The highest BCUT2D eigenvalue weighted by Crippen LogP contribution is 2.43. The molecule has 0 radical (unpaired) electrons. The summed E-state index contributed by atoms with van der Waals surface area (Å²) < 4.78 is 52.0. The summed E-state index contributed by atoms with van der Waals surface area (Å²) in [5.41, 5.74) is 9.19. The minimum absolute atomic E-state index is 0.149. The molecule has 2 aromatic heterocycles. The van der Waals surface area contributed by atoms with Gasteiger partial charge in [0, 0.05) is 37.5 Å². The summed E-state index contributed by atoms with van der Waals surface area (Å²) in [5.74, 6) is -1.11. The zero-order chi connectivity index (χ0) is 33.5. The van der Waals surface area contributed by atoms with Gasteiger partial charge in [-0.15, -0.1) is 0 Å². The standard InChI is InChI=1S/C33H36F3N7O4/c1-19-13-21(3-4-23(19)17-44)22-5-6-26(43-10-7-20(2)41-43)24(14-22)29(33(34,35)36)47-28-15-27(39-31(37)40-28)42-11-8-32(9-12-42)16-25(30(45)46)38-18-32/h3-7,10,13-15,25,29,38,44H,8-9,11-12,16-18H2,1-2H3,(H,45,46)(H2,37,39,40)/t25-,29?/m0/s1. The molecule has 0 aliphatic carbocycles. The monoisotopic (exact) mass is 651 g/mol. The van der Waals surface area contributed by atoms with Crippen molar-refractivity contribution in [3.05, 3.63) is 77.1 Å². The number of aryl methyl sites for hydroxylation is 2. The summed E-state index contributed by atoms with van der Waals surface area (Å²) in [4.78, 5) is 21.7. The second kappa shape index (κ2) is 12.5. The molecule has 0 bridgehead atoms. The predicted octanol–water partition coefficient (Wildman–Crippen LogP) is 4.74. The number of aliphatic hydroxyl groups excluding tert-OH is 1. The van der Waals surface area contributed by atoms with Crippen molar-refractivity contribution in [1.82, 2.24) is 25.1 Å². The largest absolute Gasteiger partial charge is 0.480 e. The van der Waals surface area contributed by atoms with Crippen LogP contribution in [0.25, 0.3) is 16.8 Å². The quantitative estimate of drug-likeness (QED) is 0.210. The smallest absolute Gasteiger partial charge is 0.429 e. The number of rotatable bonds is 8. The topological polar surface area (TPSA) is 152 Å². The van der Waals surface area contributed by atoms with Crippen LogP contribution in [0.5, 0.6) is 5.88 Å². The van der Waals surface area contributed by atoms with Gasteiger partial charge in [0.1, 0.15) is 11.9 Å². The summed E-state index contributed by atoms with van der Waals surface area (Å²) in [6.45, 7) is 5.06. The Labute approximate surface area is 269 Å². The number of carbonyl (C=O) groups is 1. The fourth-order valence-corrected chi connectivity index (χ4v) is 6.52. The van der Waals surface area contributed by atoms with Gasteiger partial charge < -0.3 is 30.9 Å². The van der Waals surface area contributed by atoms with Gasteiger partial charge in [0.2, 0.25) is 17.9 Å². The van der Waals surface area contributed by atoms with Crippen molar-refractivity contribution < 1.29 is 32.9 Å². The lowest BCUT2D eigenvalue weighted by Gasteiger charge is -2.39. The third-order valence-electron chi connectivity index (χ3n) is 9.17. The van der Waals surface area contributed by atoms with Crippen LogP contribution in [-0.2, 0) is 11.4 Å². The lowest BCUT2D eigenvalue weighted by atomic mass is 9.76. The Bertz CT molecular complexity index is 1790. The van der Waals surface area contributed by atoms with Crippen LogP contribution in [0.2, 0.25) is 0 Å². The molecule has 11 nitrogen and oxygen atoms in total. The summed E-state index contributed by atoms with van der Waals surface area (Å²) in [6.07, 6.45) is -3.82. The van der Waals surface area contributed by atoms with Gasteiger partial charge in [0.15, 0.2) is 0 Å². The maximum atomic E-state index is 15.0. The van der Waals surface area contributed by atoms with Crippen LogP contribution >= 0.6 is 0 Å². The minimum atomic E-state index is -4.86. The van der Waals surface area contributed by atoms with Gasteiger partial charge in [-0.25, -0.2) is 4.68 Å². The molecule has 2 aromatic carbocycles. The summed E-state index contributed by atoms with van der Waals surface area (Å²) in [6, 6.07) is 12.5. The zero-order valence-electron chi connectivity index (χ0n) is 26.0. The molecule has 248 valence electrons. The highest BCUT2D eigenvalue weighted by molar-refractivity contribution is 5.74. The number of nitrogens with zero attached hydrogens (tertiary/aromatic N) is 5. The Morgan fingerprint density at radius 2 is 1.83 bits per heavy atom. The number of nitrogens with one attached hydrogen (secondary N) is 1. The number of hydrogen-bond donors (Lipinski definition) is 4. The molecule has 4 heterocycles. The fraction of sp³-hybridized carbons (Fsp3) is 0.394. The normalized spacial score (nSPS) is 18.4. The predicted molar refractivity (Wildman–Crippen MR) is 168 cm³/mol. The van der Waals surface area contributed by atoms with E-state index in [9.17, 15) is 28.2 Å². The molecule has 2 atom stereocenters. The fourth-order valence-electron chi connectivity index (χ4n) is 6.52. The first-order chi connectivity index (χ1) is 22.3. The Balaban J connectivity index is 1.33. The van der Waals surface area contributed by atoms with Gasteiger partial charge in [0.05, 0.1) is 18.0 Å². The van der Waals surface area contributed by atoms with Crippen LogP contribution < -0.4 is 20.7 Å². The zero-order valence-corrected chi connectivity index (χ0v) is 26.0. The number of halogens is 3. The van der Waals surface area contributed by atoms with Crippen LogP contribution in [0.1, 0.15) is 47.8 Å². The maximum Gasteiger partial charge on any atom is 0.429 e. The molecule has 1 unspecified atom stereocenters. The molecule has 14 heteroatoms. The van der Waals surface area contributed by atoms with Crippen LogP contribution in [0.4, 0.5) is 24.9 Å². The molecular weight excluding hydrogens is 615 g/mol. The van der Waals surface area contributed by atoms with Crippen molar-refractivity contribution in [3.8, 4) is 22.7 Å². The van der Waals surface area contributed by atoms with E-state index in [-0.39, 0.29) is 35.1 Å². The van der Waals surface area contributed by atoms with Crippen molar-refractivity contribution in [1.29, 1.82) is 0 Å². The van der Waals surface area contributed by atoms with E-state index in [0.29, 0.717) is 61.5 Å². The number of aromatic nitrogens is 4. The van der Waals surface area contributed by atoms with E-state index >= 15 is 0 Å². The maximum absolute atomic E-state index is 15.0. The van der Waals surface area contributed by atoms with E-state index in [1.54, 1.807) is 43.5 Å². The molecule has 2 saturated heterocycles. The van der Waals surface area contributed by atoms with E-state index < -0.39 is 24.3 Å². The molecule has 2 fully saturated rings. The molecule has 47 heavy (non-hydrogen) atoms. The lowest BCUT2D eigenvalue weighted by Crippen LogP contribution is -2.41. The second-order valence-corrected chi connectivity index (χ2v) is 12.4. The Morgan fingerprint density at radius 3 is 2.45 bits per heavy atom. The number of aliphatic carboxylic acids is 1. The molecular formula is C33H36F3N7O4. The van der Waals surface area contributed by atoms with Crippen LogP contribution in [0.3, 0.4) is 0 Å². The average molecular weight is 652 g/mol. The van der Waals surface area contributed by atoms with Gasteiger partial charge in [-0.2, -0.15) is 28.2 Å². The van der Waals surface area contributed by atoms with Crippen molar-refractivity contribution in [2.24, 2.45) is 5.41 Å². The summed E-state index contributed by atoms with van der Waals surface area (Å²) in [7, 11) is 0. The Hall–Kier alpha value is -4.69. The summed E-state index contributed by atoms with van der Waals surface area (Å²) in [5, 5.41) is 26.4. The molecule has 0 amide bonds. The average Bonchev–Trinajstić information content (AvgIpc) is 3.65. The minimum Gasteiger partial charge on any atom is -0.480 e. The lowest BCUT2D eigenvalue weighted by molar-refractivity contribution is -0.198. The number of anilines is 2. The first-order valence-corrected chi connectivity index (χ1v) is 15.3. The molecule has 2 aliphatic heterocycles. The first kappa shape index (κ1) is 32.3. The number of hydrogen-bond acceptors (Lipinski definition) is 9. The highest BCUT2D eigenvalue weighted by Gasteiger charge is 2.46. The van der Waals surface area contributed by atoms with Gasteiger partial charge >= 0.3 is 12.1 Å². The molecule has 6 rings (SSSR count). The van der Waals surface area contributed by atoms with E-state index in [1.807, 2.05) is 17.9 Å². The molecule has 5 N–H and O–H groups in total. The van der Waals surface area contributed by atoms with Crippen molar-refractivity contribution in [2.45, 2.75) is 58.0 Å². The van der Waals surface area contributed by atoms with E-state index in [0.717, 1.165) is 11.1 Å². The van der Waals surface area contributed by atoms with Gasteiger partial charge in [-0.05, 0) is 79.0 Å². The molecule has 4 aromatic rings.